The zero-order valence-electron chi connectivity index (χ0n) is 13.0. The van der Waals surface area contributed by atoms with Crippen LogP contribution in [0.1, 0.15) is 37.5 Å². The van der Waals surface area contributed by atoms with Gasteiger partial charge in [0.25, 0.3) is 0 Å². The minimum Gasteiger partial charge on any atom is -0.444 e. The van der Waals surface area contributed by atoms with Crippen molar-refractivity contribution in [2.75, 3.05) is 6.54 Å². The first-order valence-electron chi connectivity index (χ1n) is 6.80. The van der Waals surface area contributed by atoms with Gasteiger partial charge in [0.05, 0.1) is 5.56 Å². The molecule has 0 aliphatic heterocycles. The Balaban J connectivity index is 2.63. The van der Waals surface area contributed by atoms with Crippen LogP contribution in [0.25, 0.3) is 6.08 Å². The van der Waals surface area contributed by atoms with Crippen molar-refractivity contribution in [3.63, 3.8) is 0 Å². The topological polar surface area (TPSA) is 38.3 Å². The molecule has 0 bridgehead atoms. The molecular weight excluding hydrogens is 295 g/mol. The number of carbonyl (C=O) groups excluding carboxylic acids is 1. The van der Waals surface area contributed by atoms with Crippen molar-refractivity contribution in [3.8, 4) is 0 Å². The Bertz CT molecular complexity index is 557. The molecule has 22 heavy (non-hydrogen) atoms. The molecule has 0 unspecified atom stereocenters. The van der Waals surface area contributed by atoms with Gasteiger partial charge in [0, 0.05) is 6.54 Å². The quantitative estimate of drug-likeness (QED) is 0.888. The van der Waals surface area contributed by atoms with Crippen molar-refractivity contribution in [2.45, 2.75) is 39.5 Å². The number of benzene rings is 1. The first-order chi connectivity index (χ1) is 9.99. The molecule has 0 aromatic heterocycles. The molecule has 1 rings (SSSR count). The van der Waals surface area contributed by atoms with Gasteiger partial charge in [-0.1, -0.05) is 24.3 Å². The van der Waals surface area contributed by atoms with Gasteiger partial charge in [-0.05, 0) is 44.9 Å². The highest BCUT2D eigenvalue weighted by molar-refractivity contribution is 5.68. The van der Waals surface area contributed by atoms with Crippen molar-refractivity contribution < 1.29 is 22.7 Å². The van der Waals surface area contributed by atoms with E-state index in [1.54, 1.807) is 32.9 Å². The maximum Gasteiger partial charge on any atom is 0.416 e. The molecular formula is C16H20F3NO2. The van der Waals surface area contributed by atoms with E-state index < -0.39 is 23.4 Å². The maximum absolute atomic E-state index is 12.8. The molecule has 0 atom stereocenters. The molecule has 0 heterocycles. The molecule has 0 saturated heterocycles. The van der Waals surface area contributed by atoms with E-state index in [0.717, 1.165) is 6.07 Å². The van der Waals surface area contributed by atoms with Crippen LogP contribution >= 0.6 is 0 Å². The molecule has 0 saturated carbocycles. The summed E-state index contributed by atoms with van der Waals surface area (Å²) in [5.41, 5.74) is -0.651. The van der Waals surface area contributed by atoms with Crippen molar-refractivity contribution in [3.05, 3.63) is 41.0 Å². The summed E-state index contributed by atoms with van der Waals surface area (Å²) in [5.74, 6) is 0. The van der Waals surface area contributed by atoms with Gasteiger partial charge >= 0.3 is 12.3 Å². The molecule has 1 aromatic rings. The predicted molar refractivity (Wildman–Crippen MR) is 79.5 cm³/mol. The van der Waals surface area contributed by atoms with E-state index >= 15 is 0 Å². The fourth-order valence-electron chi connectivity index (χ4n) is 1.70. The lowest BCUT2D eigenvalue weighted by Gasteiger charge is -2.19. The van der Waals surface area contributed by atoms with Crippen molar-refractivity contribution in [1.29, 1.82) is 0 Å². The van der Waals surface area contributed by atoms with E-state index in [1.165, 1.54) is 19.1 Å². The summed E-state index contributed by atoms with van der Waals surface area (Å²) >= 11 is 0. The van der Waals surface area contributed by atoms with Crippen molar-refractivity contribution in [2.24, 2.45) is 0 Å². The Labute approximate surface area is 128 Å². The highest BCUT2D eigenvalue weighted by Crippen LogP contribution is 2.32. The third-order valence-electron chi connectivity index (χ3n) is 2.64. The Morgan fingerprint density at radius 1 is 1.27 bits per heavy atom. The second-order valence-corrected chi connectivity index (χ2v) is 5.86. The number of nitrogens with one attached hydrogen (secondary N) is 1. The average Bonchev–Trinajstić information content (AvgIpc) is 2.33. The molecule has 0 aliphatic rings. The summed E-state index contributed by atoms with van der Waals surface area (Å²) in [6, 6.07) is 4.09. The zero-order chi connectivity index (χ0) is 17.0. The third kappa shape index (κ3) is 6.20. The second kappa shape index (κ2) is 6.85. The zero-order valence-corrected chi connectivity index (χ0v) is 13.0. The number of carbonyl (C=O) groups is 1. The summed E-state index contributed by atoms with van der Waals surface area (Å²) in [7, 11) is 0. The maximum atomic E-state index is 12.8. The number of hydrogen-bond donors (Lipinski definition) is 1. The van der Waals surface area contributed by atoms with Crippen LogP contribution in [0.3, 0.4) is 0 Å². The number of rotatable bonds is 3. The molecule has 0 aliphatic carbocycles. The molecule has 122 valence electrons. The molecule has 0 spiro atoms. The molecule has 0 radical (unpaired) electrons. The van der Waals surface area contributed by atoms with E-state index in [0.29, 0.717) is 5.56 Å². The van der Waals surface area contributed by atoms with E-state index in [4.69, 9.17) is 4.74 Å². The molecule has 0 fully saturated rings. The van der Waals surface area contributed by atoms with Crippen LogP contribution in [0.2, 0.25) is 0 Å². The van der Waals surface area contributed by atoms with E-state index in [1.807, 2.05) is 0 Å². The first-order valence-corrected chi connectivity index (χ1v) is 6.80. The van der Waals surface area contributed by atoms with Gasteiger partial charge in [0.2, 0.25) is 0 Å². The average molecular weight is 315 g/mol. The van der Waals surface area contributed by atoms with Crippen LogP contribution in [0.15, 0.2) is 24.3 Å². The summed E-state index contributed by atoms with van der Waals surface area (Å²) in [5, 5.41) is 2.50. The summed E-state index contributed by atoms with van der Waals surface area (Å²) in [6.07, 6.45) is -1.86. The molecule has 1 N–H and O–H groups in total. The predicted octanol–water partition coefficient (Wildman–Crippen LogP) is 4.55. The van der Waals surface area contributed by atoms with Crippen molar-refractivity contribution >= 4 is 12.2 Å². The third-order valence-corrected chi connectivity index (χ3v) is 2.64. The fraction of sp³-hybridized carbons (Fsp3) is 0.438. The van der Waals surface area contributed by atoms with Crippen molar-refractivity contribution in [1.82, 2.24) is 5.32 Å². The standard InChI is InChI=1S/C16H20F3NO2/c1-11-7-8-12(10-13(11)16(17,18)19)6-5-9-20-14(21)22-15(2,3)4/h5-8,10H,9H2,1-4H3,(H,20,21). The number of halogens is 3. The number of amides is 1. The molecule has 6 heteroatoms. The van der Waals surface area contributed by atoms with Gasteiger partial charge in [-0.25, -0.2) is 4.79 Å². The lowest BCUT2D eigenvalue weighted by Crippen LogP contribution is -2.32. The summed E-state index contributed by atoms with van der Waals surface area (Å²) < 4.78 is 43.4. The lowest BCUT2D eigenvalue weighted by molar-refractivity contribution is -0.138. The molecule has 1 aromatic carbocycles. The Hall–Kier alpha value is -1.98. The van der Waals surface area contributed by atoms with Gasteiger partial charge in [-0.15, -0.1) is 0 Å². The Morgan fingerprint density at radius 2 is 1.91 bits per heavy atom. The fourth-order valence-corrected chi connectivity index (χ4v) is 1.70. The van der Waals surface area contributed by atoms with Crippen LogP contribution in [0.4, 0.5) is 18.0 Å². The highest BCUT2D eigenvalue weighted by Gasteiger charge is 2.32. The number of hydrogen-bond acceptors (Lipinski definition) is 2. The van der Waals surface area contributed by atoms with Crippen LogP contribution in [0, 0.1) is 6.92 Å². The summed E-state index contributed by atoms with van der Waals surface area (Å²) in [4.78, 5) is 11.4. The van der Waals surface area contributed by atoms with Gasteiger partial charge in [0.1, 0.15) is 5.60 Å². The number of alkyl carbamates (subject to hydrolysis) is 1. The van der Waals surface area contributed by atoms with Gasteiger partial charge in [-0.2, -0.15) is 13.2 Å². The Morgan fingerprint density at radius 3 is 2.45 bits per heavy atom. The van der Waals surface area contributed by atoms with Gasteiger partial charge < -0.3 is 10.1 Å². The van der Waals surface area contributed by atoms with Crippen LogP contribution in [-0.2, 0) is 10.9 Å². The smallest absolute Gasteiger partial charge is 0.416 e. The monoisotopic (exact) mass is 315 g/mol. The normalized spacial score (nSPS) is 12.5. The largest absolute Gasteiger partial charge is 0.444 e. The van der Waals surface area contributed by atoms with E-state index in [-0.39, 0.29) is 12.1 Å². The van der Waals surface area contributed by atoms with Gasteiger partial charge in [-0.3, -0.25) is 0 Å². The molecule has 1 amide bonds. The minimum absolute atomic E-state index is 0.171. The lowest BCUT2D eigenvalue weighted by atomic mass is 10.0. The van der Waals surface area contributed by atoms with Crippen LogP contribution < -0.4 is 5.32 Å². The van der Waals surface area contributed by atoms with E-state index in [9.17, 15) is 18.0 Å². The summed E-state index contributed by atoms with van der Waals surface area (Å²) in [6.45, 7) is 6.82. The second-order valence-electron chi connectivity index (χ2n) is 5.86. The van der Waals surface area contributed by atoms with Gasteiger partial charge in [0.15, 0.2) is 0 Å². The number of ether oxygens (including phenoxy) is 1. The first kappa shape index (κ1) is 18.1. The van der Waals surface area contributed by atoms with Crippen LogP contribution in [0.5, 0.6) is 0 Å². The highest BCUT2D eigenvalue weighted by atomic mass is 19.4. The SMILES string of the molecule is Cc1ccc(C=CCNC(=O)OC(C)(C)C)cc1C(F)(F)F. The molecule has 3 nitrogen and oxygen atoms in total. The number of aryl methyl sites for hydroxylation is 1. The van der Waals surface area contributed by atoms with E-state index in [2.05, 4.69) is 5.32 Å². The number of alkyl halides is 3. The minimum atomic E-state index is -4.37. The van der Waals surface area contributed by atoms with Crippen LogP contribution in [-0.4, -0.2) is 18.2 Å². The Kier molecular flexibility index (Phi) is 5.63.